The molecule has 1 N–H and O–H groups in total. The van der Waals surface area contributed by atoms with Crippen LogP contribution in [0.4, 0.5) is 10.5 Å². The van der Waals surface area contributed by atoms with Crippen LogP contribution in [-0.2, 0) is 35.8 Å². The van der Waals surface area contributed by atoms with Gasteiger partial charge >= 0.3 is 6.09 Å². The minimum atomic E-state index is -3.14. The van der Waals surface area contributed by atoms with Gasteiger partial charge < -0.3 is 9.67 Å². The second kappa shape index (κ2) is 7.75. The average molecular weight is 432 g/mol. The molecule has 0 fully saturated rings. The second-order valence-electron chi connectivity index (χ2n) is 7.80. The normalized spacial score (nSPS) is 16.7. The molecule has 1 atom stereocenters. The van der Waals surface area contributed by atoms with Gasteiger partial charge in [-0.1, -0.05) is 0 Å². The molecule has 1 aliphatic heterocycles. The minimum Gasteiger partial charge on any atom is -0.465 e. The van der Waals surface area contributed by atoms with E-state index in [9.17, 15) is 18.3 Å². The third kappa shape index (κ3) is 3.91. The maximum atomic E-state index is 11.8. The molecule has 9 nitrogen and oxygen atoms in total. The number of aromatic nitrogens is 4. The Labute approximate surface area is 174 Å². The van der Waals surface area contributed by atoms with Gasteiger partial charge in [0.15, 0.2) is 0 Å². The van der Waals surface area contributed by atoms with E-state index < -0.39 is 15.9 Å². The molecule has 0 radical (unpaired) electrons. The Balaban J connectivity index is 1.79. The molecule has 0 unspecified atom stereocenters. The van der Waals surface area contributed by atoms with E-state index in [1.807, 2.05) is 40.6 Å². The van der Waals surface area contributed by atoms with E-state index in [-0.39, 0.29) is 11.8 Å². The molecule has 1 aromatic carbocycles. The Bertz CT molecular complexity index is 1180. The van der Waals surface area contributed by atoms with Crippen LogP contribution >= 0.6 is 0 Å². The fourth-order valence-electron chi connectivity index (χ4n) is 4.11. The summed E-state index contributed by atoms with van der Waals surface area (Å²) in [5, 5.41) is 13.9. The van der Waals surface area contributed by atoms with Crippen molar-refractivity contribution in [3.8, 4) is 0 Å². The number of imidazole rings is 1. The summed E-state index contributed by atoms with van der Waals surface area (Å²) < 4.78 is 27.3. The number of carbonyl (C=O) groups is 1. The van der Waals surface area contributed by atoms with Crippen molar-refractivity contribution in [2.75, 3.05) is 16.9 Å². The van der Waals surface area contributed by atoms with Crippen LogP contribution in [0, 0.1) is 0 Å². The first-order valence-electron chi connectivity index (χ1n) is 9.93. The van der Waals surface area contributed by atoms with Crippen molar-refractivity contribution >= 4 is 32.7 Å². The first kappa shape index (κ1) is 20.4. The highest BCUT2D eigenvalue weighted by Crippen LogP contribution is 2.36. The lowest BCUT2D eigenvalue weighted by molar-refractivity contribution is 0.198. The molecule has 10 heteroatoms. The second-order valence-corrected chi connectivity index (χ2v) is 10.1. The number of anilines is 1. The Kier molecular flexibility index (Phi) is 5.27. The van der Waals surface area contributed by atoms with Crippen molar-refractivity contribution in [1.29, 1.82) is 0 Å². The number of hydrogen-bond acceptors (Lipinski definition) is 5. The van der Waals surface area contributed by atoms with Crippen molar-refractivity contribution in [1.82, 2.24) is 19.3 Å². The molecule has 30 heavy (non-hydrogen) atoms. The zero-order valence-corrected chi connectivity index (χ0v) is 17.8. The molecular formula is C20H25N5O4S. The number of benzene rings is 1. The number of sulfone groups is 1. The predicted octanol–water partition coefficient (Wildman–Crippen LogP) is 2.34. The molecule has 1 aliphatic rings. The van der Waals surface area contributed by atoms with Gasteiger partial charge in [-0.15, -0.1) is 0 Å². The van der Waals surface area contributed by atoms with Crippen molar-refractivity contribution in [3.63, 3.8) is 0 Å². The quantitative estimate of drug-likeness (QED) is 0.641. The van der Waals surface area contributed by atoms with E-state index in [0.29, 0.717) is 25.2 Å². The molecule has 4 rings (SSSR count). The van der Waals surface area contributed by atoms with Gasteiger partial charge in [0, 0.05) is 49.8 Å². The maximum absolute atomic E-state index is 11.8. The molecular weight excluding hydrogens is 406 g/mol. The molecule has 3 heterocycles. The van der Waals surface area contributed by atoms with E-state index in [1.165, 1.54) is 11.2 Å². The summed E-state index contributed by atoms with van der Waals surface area (Å²) in [6.45, 7) is 2.83. The molecule has 0 spiro atoms. The lowest BCUT2D eigenvalue weighted by atomic mass is 9.96. The van der Waals surface area contributed by atoms with Gasteiger partial charge in [0.1, 0.15) is 15.7 Å². The van der Waals surface area contributed by atoms with Crippen LogP contribution in [0.25, 0.3) is 11.0 Å². The van der Waals surface area contributed by atoms with Gasteiger partial charge in [0.2, 0.25) is 0 Å². The van der Waals surface area contributed by atoms with E-state index in [4.69, 9.17) is 4.98 Å². The highest BCUT2D eigenvalue weighted by Gasteiger charge is 2.30. The van der Waals surface area contributed by atoms with Crippen LogP contribution in [-0.4, -0.2) is 57.0 Å². The Morgan fingerprint density at radius 3 is 2.77 bits per heavy atom. The molecule has 2 aromatic heterocycles. The summed E-state index contributed by atoms with van der Waals surface area (Å²) in [5.41, 5.74) is 3.17. The Hall–Kier alpha value is -2.88. The lowest BCUT2D eigenvalue weighted by Crippen LogP contribution is -2.41. The monoisotopic (exact) mass is 431 g/mol. The average Bonchev–Trinajstić information content (AvgIpc) is 3.30. The van der Waals surface area contributed by atoms with Crippen LogP contribution in [0.15, 0.2) is 30.6 Å². The number of nitrogens with zero attached hydrogens (tertiary/aromatic N) is 5. The van der Waals surface area contributed by atoms with Gasteiger partial charge in [-0.05, 0) is 38.0 Å². The summed E-state index contributed by atoms with van der Waals surface area (Å²) in [7, 11) is -3.14. The van der Waals surface area contributed by atoms with E-state index in [1.54, 1.807) is 6.20 Å². The lowest BCUT2D eigenvalue weighted by Gasteiger charge is -2.33. The van der Waals surface area contributed by atoms with Crippen molar-refractivity contribution < 1.29 is 18.3 Å². The number of carboxylic acid groups (broad SMARTS) is 1. The van der Waals surface area contributed by atoms with Crippen LogP contribution in [0.3, 0.4) is 0 Å². The van der Waals surface area contributed by atoms with Gasteiger partial charge in [-0.2, -0.15) is 5.10 Å². The molecule has 0 saturated carbocycles. The van der Waals surface area contributed by atoms with Crippen molar-refractivity contribution in [3.05, 3.63) is 42.0 Å². The van der Waals surface area contributed by atoms with Gasteiger partial charge in [-0.25, -0.2) is 18.2 Å². The molecule has 0 saturated heterocycles. The van der Waals surface area contributed by atoms with Gasteiger partial charge in [0.05, 0.1) is 22.5 Å². The summed E-state index contributed by atoms with van der Waals surface area (Å²) in [4.78, 5) is 18.1. The van der Waals surface area contributed by atoms with E-state index >= 15 is 0 Å². The summed E-state index contributed by atoms with van der Waals surface area (Å²) in [6.07, 6.45) is 5.88. The third-order valence-electron chi connectivity index (χ3n) is 5.61. The minimum absolute atomic E-state index is 0.0165. The molecule has 0 aliphatic carbocycles. The largest absolute Gasteiger partial charge is 0.465 e. The van der Waals surface area contributed by atoms with Crippen molar-refractivity contribution in [2.24, 2.45) is 0 Å². The highest BCUT2D eigenvalue weighted by molar-refractivity contribution is 7.90. The fraction of sp³-hybridized carbons (Fsp3) is 0.450. The number of hydrogen-bond donors (Lipinski definition) is 1. The number of fused-ring (bicyclic) bond motifs is 3. The maximum Gasteiger partial charge on any atom is 0.412 e. The number of rotatable bonds is 6. The SMILES string of the molecule is C[C@H]1CCc2c(ccc3c2nc(CCn2cccn2)n3CCS(C)(=O)=O)N1C(=O)O. The molecule has 0 bridgehead atoms. The van der Waals surface area contributed by atoms with Crippen LogP contribution in [0.1, 0.15) is 24.7 Å². The van der Waals surface area contributed by atoms with Crippen molar-refractivity contribution in [2.45, 2.75) is 45.3 Å². The Morgan fingerprint density at radius 2 is 2.10 bits per heavy atom. The standard InChI is InChI=1S/C20H25N5O4S/c1-14-4-5-15-16(25(14)20(26)27)6-7-17-19(15)22-18(8-11-23-10-3-9-21-23)24(17)12-13-30(2,28)29/h3,6-7,9-10,14H,4-5,8,11-13H2,1-2H3,(H,26,27)/t14-/m0/s1. The number of aryl methyl sites for hydroxylation is 4. The van der Waals surface area contributed by atoms with Crippen LogP contribution < -0.4 is 4.90 Å². The fourth-order valence-corrected chi connectivity index (χ4v) is 4.63. The molecule has 3 aromatic rings. The topological polar surface area (TPSA) is 110 Å². The zero-order valence-electron chi connectivity index (χ0n) is 17.0. The smallest absolute Gasteiger partial charge is 0.412 e. The first-order valence-corrected chi connectivity index (χ1v) is 12.0. The summed E-state index contributed by atoms with van der Waals surface area (Å²) in [6, 6.07) is 5.43. The highest BCUT2D eigenvalue weighted by atomic mass is 32.2. The zero-order chi connectivity index (χ0) is 21.5. The Morgan fingerprint density at radius 1 is 1.30 bits per heavy atom. The van der Waals surface area contributed by atoms with Crippen LogP contribution in [0.2, 0.25) is 0 Å². The molecule has 160 valence electrons. The van der Waals surface area contributed by atoms with E-state index in [0.717, 1.165) is 35.3 Å². The first-order chi connectivity index (χ1) is 14.2. The predicted molar refractivity (Wildman–Crippen MR) is 114 cm³/mol. The van der Waals surface area contributed by atoms with E-state index in [2.05, 4.69) is 5.10 Å². The summed E-state index contributed by atoms with van der Waals surface area (Å²) in [5.74, 6) is 0.792. The molecule has 1 amide bonds. The third-order valence-corrected chi connectivity index (χ3v) is 6.53. The van der Waals surface area contributed by atoms with Crippen LogP contribution in [0.5, 0.6) is 0 Å². The van der Waals surface area contributed by atoms with Gasteiger partial charge in [-0.3, -0.25) is 9.58 Å². The summed E-state index contributed by atoms with van der Waals surface area (Å²) >= 11 is 0. The number of amides is 1. The van der Waals surface area contributed by atoms with Gasteiger partial charge in [0.25, 0.3) is 0 Å².